The van der Waals surface area contributed by atoms with Gasteiger partial charge in [-0.05, 0) is 18.2 Å². The van der Waals surface area contributed by atoms with E-state index in [-0.39, 0.29) is 0 Å². The number of aryl methyl sites for hydroxylation is 1. The van der Waals surface area contributed by atoms with Crippen molar-refractivity contribution in [3.8, 4) is 28.7 Å². The summed E-state index contributed by atoms with van der Waals surface area (Å²) in [4.78, 5) is 18.8. The smallest absolute Gasteiger partial charge is 0.252 e. The number of hydrogen-bond donors (Lipinski definition) is 0. The Bertz CT molecular complexity index is 1050. The Morgan fingerprint density at radius 1 is 1.07 bits per heavy atom. The molecule has 4 aromatic rings. The minimum absolute atomic E-state index is 0.475. The van der Waals surface area contributed by atoms with Crippen molar-refractivity contribution in [2.75, 3.05) is 5.75 Å². The van der Waals surface area contributed by atoms with E-state index in [1.54, 1.807) is 22.8 Å². The molecule has 0 bridgehead atoms. The lowest BCUT2D eigenvalue weighted by Gasteiger charge is -2.10. The molecule has 0 aliphatic rings. The van der Waals surface area contributed by atoms with Crippen LogP contribution in [0.1, 0.15) is 12.5 Å². The topological polar surface area (TPSA) is 74.3 Å². The molecule has 8 heteroatoms. The number of benzene rings is 1. The SMILES string of the molecule is CCSc1cnc(-n2cncn2)nc1-c1ncc(-c2ccc(C)cc2)n1C. The average Bonchev–Trinajstić information content (AvgIpc) is 3.33. The fourth-order valence-corrected chi connectivity index (χ4v) is 3.54. The van der Waals surface area contributed by atoms with E-state index in [1.165, 1.54) is 11.9 Å². The maximum atomic E-state index is 4.73. The number of nitrogens with zero attached hydrogens (tertiary/aromatic N) is 7. The second-order valence-corrected chi connectivity index (χ2v) is 7.35. The Kier molecular flexibility index (Phi) is 4.72. The molecule has 0 atom stereocenters. The minimum Gasteiger partial charge on any atom is -0.326 e. The van der Waals surface area contributed by atoms with E-state index < -0.39 is 0 Å². The zero-order chi connectivity index (χ0) is 18.8. The average molecular weight is 377 g/mol. The molecule has 7 nitrogen and oxygen atoms in total. The first-order chi connectivity index (χ1) is 13.2. The summed E-state index contributed by atoms with van der Waals surface area (Å²) in [5.41, 5.74) is 4.19. The number of imidazole rings is 1. The molecule has 0 N–H and O–H groups in total. The van der Waals surface area contributed by atoms with Gasteiger partial charge in [-0.15, -0.1) is 11.8 Å². The molecule has 0 amide bonds. The van der Waals surface area contributed by atoms with Crippen LogP contribution in [0.15, 0.2) is 54.2 Å². The molecule has 4 rings (SSSR count). The Morgan fingerprint density at radius 3 is 2.59 bits per heavy atom. The summed E-state index contributed by atoms with van der Waals surface area (Å²) in [5.74, 6) is 2.20. The van der Waals surface area contributed by atoms with Crippen LogP contribution in [-0.4, -0.2) is 40.0 Å². The van der Waals surface area contributed by atoms with Crippen LogP contribution in [0.4, 0.5) is 0 Å². The van der Waals surface area contributed by atoms with Gasteiger partial charge in [0.15, 0.2) is 5.82 Å². The zero-order valence-electron chi connectivity index (χ0n) is 15.4. The van der Waals surface area contributed by atoms with Crippen molar-refractivity contribution < 1.29 is 0 Å². The predicted molar refractivity (Wildman–Crippen MR) is 106 cm³/mol. The van der Waals surface area contributed by atoms with Gasteiger partial charge < -0.3 is 4.57 Å². The molecule has 0 radical (unpaired) electrons. The Hall–Kier alpha value is -3.00. The van der Waals surface area contributed by atoms with Crippen LogP contribution in [0.3, 0.4) is 0 Å². The van der Waals surface area contributed by atoms with Crippen LogP contribution >= 0.6 is 11.8 Å². The molecule has 1 aromatic carbocycles. The second kappa shape index (κ2) is 7.32. The van der Waals surface area contributed by atoms with Crippen molar-refractivity contribution in [2.24, 2.45) is 7.05 Å². The molecular formula is C19H19N7S. The van der Waals surface area contributed by atoms with Crippen LogP contribution in [0.25, 0.3) is 28.7 Å². The van der Waals surface area contributed by atoms with Gasteiger partial charge in [0.25, 0.3) is 5.95 Å². The van der Waals surface area contributed by atoms with Crippen LogP contribution in [0.2, 0.25) is 0 Å². The van der Waals surface area contributed by atoms with Crippen LogP contribution in [0.5, 0.6) is 0 Å². The predicted octanol–water partition coefficient (Wildman–Crippen LogP) is 3.55. The Labute approximate surface area is 161 Å². The van der Waals surface area contributed by atoms with E-state index in [0.29, 0.717) is 5.95 Å². The van der Waals surface area contributed by atoms with Gasteiger partial charge in [0.1, 0.15) is 18.3 Å². The highest BCUT2D eigenvalue weighted by molar-refractivity contribution is 7.99. The van der Waals surface area contributed by atoms with Crippen molar-refractivity contribution in [1.29, 1.82) is 0 Å². The summed E-state index contributed by atoms with van der Waals surface area (Å²) in [6.45, 7) is 4.19. The van der Waals surface area contributed by atoms with Gasteiger partial charge >= 0.3 is 0 Å². The first-order valence-electron chi connectivity index (χ1n) is 8.61. The van der Waals surface area contributed by atoms with E-state index in [2.05, 4.69) is 62.7 Å². The third-order valence-electron chi connectivity index (χ3n) is 4.21. The van der Waals surface area contributed by atoms with E-state index in [4.69, 9.17) is 4.98 Å². The lowest BCUT2D eigenvalue weighted by Crippen LogP contribution is -2.06. The second-order valence-electron chi connectivity index (χ2n) is 6.05. The number of thioether (sulfide) groups is 1. The van der Waals surface area contributed by atoms with E-state index in [1.807, 2.05) is 19.4 Å². The fraction of sp³-hybridized carbons (Fsp3) is 0.211. The van der Waals surface area contributed by atoms with Crippen molar-refractivity contribution >= 4 is 11.8 Å². The maximum Gasteiger partial charge on any atom is 0.252 e. The normalized spacial score (nSPS) is 11.1. The standard InChI is InChI=1S/C19H19N7S/c1-4-27-16-10-22-19(26-12-20-11-23-26)24-17(16)18-21-9-15(25(18)3)14-7-5-13(2)6-8-14/h5-12H,4H2,1-3H3. The van der Waals surface area contributed by atoms with Gasteiger partial charge in [-0.3, -0.25) is 0 Å². The highest BCUT2D eigenvalue weighted by atomic mass is 32.2. The van der Waals surface area contributed by atoms with Crippen LogP contribution in [-0.2, 0) is 7.05 Å². The molecule has 3 heterocycles. The summed E-state index contributed by atoms with van der Waals surface area (Å²) < 4.78 is 3.62. The third kappa shape index (κ3) is 3.35. The summed E-state index contributed by atoms with van der Waals surface area (Å²) in [6, 6.07) is 8.43. The molecule has 27 heavy (non-hydrogen) atoms. The maximum absolute atomic E-state index is 4.73. The molecule has 3 aromatic heterocycles. The van der Waals surface area contributed by atoms with Crippen LogP contribution in [0, 0.1) is 6.92 Å². The minimum atomic E-state index is 0.475. The highest BCUT2D eigenvalue weighted by Gasteiger charge is 2.17. The number of hydrogen-bond acceptors (Lipinski definition) is 6. The van der Waals surface area contributed by atoms with Crippen molar-refractivity contribution in [3.05, 3.63) is 54.9 Å². The van der Waals surface area contributed by atoms with Gasteiger partial charge in [-0.2, -0.15) is 9.78 Å². The molecule has 0 aliphatic carbocycles. The fourth-order valence-electron chi connectivity index (χ4n) is 2.83. The molecule has 0 saturated carbocycles. The molecule has 0 fully saturated rings. The first kappa shape index (κ1) is 17.4. The van der Waals surface area contributed by atoms with E-state index >= 15 is 0 Å². The van der Waals surface area contributed by atoms with Gasteiger partial charge in [-0.1, -0.05) is 36.8 Å². The molecule has 0 unspecified atom stereocenters. The summed E-state index contributed by atoms with van der Waals surface area (Å²) >= 11 is 1.69. The summed E-state index contributed by atoms with van der Waals surface area (Å²) in [7, 11) is 2.01. The van der Waals surface area contributed by atoms with Gasteiger partial charge in [0.2, 0.25) is 0 Å². The summed E-state index contributed by atoms with van der Waals surface area (Å²) in [5, 5.41) is 4.13. The van der Waals surface area contributed by atoms with Gasteiger partial charge in [0, 0.05) is 13.2 Å². The monoisotopic (exact) mass is 377 g/mol. The van der Waals surface area contributed by atoms with Gasteiger partial charge in [0.05, 0.1) is 16.8 Å². The van der Waals surface area contributed by atoms with Gasteiger partial charge in [-0.25, -0.2) is 19.9 Å². The molecular weight excluding hydrogens is 358 g/mol. The molecule has 0 aliphatic heterocycles. The van der Waals surface area contributed by atoms with Crippen molar-refractivity contribution in [2.45, 2.75) is 18.7 Å². The highest BCUT2D eigenvalue weighted by Crippen LogP contribution is 2.31. The first-order valence-corrected chi connectivity index (χ1v) is 9.60. The van der Waals surface area contributed by atoms with Crippen LogP contribution < -0.4 is 0 Å². The zero-order valence-corrected chi connectivity index (χ0v) is 16.2. The molecule has 0 spiro atoms. The van der Waals surface area contributed by atoms with Crippen molar-refractivity contribution in [3.63, 3.8) is 0 Å². The quantitative estimate of drug-likeness (QED) is 0.495. The summed E-state index contributed by atoms with van der Waals surface area (Å²) in [6.07, 6.45) is 6.77. The number of aromatic nitrogens is 7. The lowest BCUT2D eigenvalue weighted by atomic mass is 10.1. The van der Waals surface area contributed by atoms with E-state index in [9.17, 15) is 0 Å². The Morgan fingerprint density at radius 2 is 1.89 bits per heavy atom. The number of rotatable bonds is 5. The van der Waals surface area contributed by atoms with E-state index in [0.717, 1.165) is 33.4 Å². The molecule has 136 valence electrons. The molecule has 0 saturated heterocycles. The largest absolute Gasteiger partial charge is 0.326 e. The lowest BCUT2D eigenvalue weighted by molar-refractivity contribution is 0.796. The third-order valence-corrected chi connectivity index (χ3v) is 5.11. The van der Waals surface area contributed by atoms with Crippen molar-refractivity contribution in [1.82, 2.24) is 34.3 Å². The Balaban J connectivity index is 1.82.